The standard InChI is InChI=1S/C17H24N2O2/c1-11-13(10-12-6-3-4-7-14(12)18-11)17(20)19-15-8-5-9-16(15)21-2/h3-4,6-7,11,13,15-16,18H,5,8-10H2,1-2H3,(H,19,20). The summed E-state index contributed by atoms with van der Waals surface area (Å²) in [6.45, 7) is 2.09. The van der Waals surface area contributed by atoms with E-state index < -0.39 is 0 Å². The molecule has 4 unspecified atom stereocenters. The number of amides is 1. The van der Waals surface area contributed by atoms with E-state index >= 15 is 0 Å². The molecule has 1 aromatic carbocycles. The Bertz CT molecular complexity index is 517. The largest absolute Gasteiger partial charge is 0.382 e. The Hall–Kier alpha value is -1.55. The number of para-hydroxylation sites is 1. The van der Waals surface area contributed by atoms with Crippen LogP contribution in [0.15, 0.2) is 24.3 Å². The molecule has 4 heteroatoms. The highest BCUT2D eigenvalue weighted by molar-refractivity contribution is 5.81. The minimum absolute atomic E-state index is 0.0157. The van der Waals surface area contributed by atoms with Crippen LogP contribution in [-0.4, -0.2) is 31.2 Å². The predicted molar refractivity (Wildman–Crippen MR) is 83.3 cm³/mol. The van der Waals surface area contributed by atoms with E-state index in [2.05, 4.69) is 29.7 Å². The maximum atomic E-state index is 12.6. The summed E-state index contributed by atoms with van der Waals surface area (Å²) >= 11 is 0. The number of rotatable bonds is 3. The highest BCUT2D eigenvalue weighted by Crippen LogP contribution is 2.29. The predicted octanol–water partition coefficient (Wildman–Crippen LogP) is 2.34. The Labute approximate surface area is 126 Å². The Morgan fingerprint density at radius 3 is 2.95 bits per heavy atom. The molecule has 0 bridgehead atoms. The lowest BCUT2D eigenvalue weighted by atomic mass is 9.87. The van der Waals surface area contributed by atoms with Crippen molar-refractivity contribution in [1.29, 1.82) is 0 Å². The Morgan fingerprint density at radius 1 is 1.33 bits per heavy atom. The van der Waals surface area contributed by atoms with Gasteiger partial charge in [0.1, 0.15) is 0 Å². The van der Waals surface area contributed by atoms with Gasteiger partial charge < -0.3 is 15.4 Å². The molecule has 1 amide bonds. The molecule has 1 heterocycles. The van der Waals surface area contributed by atoms with Crippen molar-refractivity contribution < 1.29 is 9.53 Å². The maximum Gasteiger partial charge on any atom is 0.225 e. The highest BCUT2D eigenvalue weighted by Gasteiger charge is 2.34. The summed E-state index contributed by atoms with van der Waals surface area (Å²) in [4.78, 5) is 12.6. The van der Waals surface area contributed by atoms with E-state index in [4.69, 9.17) is 4.74 Å². The van der Waals surface area contributed by atoms with Crippen LogP contribution in [-0.2, 0) is 16.0 Å². The fraction of sp³-hybridized carbons (Fsp3) is 0.588. The van der Waals surface area contributed by atoms with Gasteiger partial charge in [-0.25, -0.2) is 0 Å². The summed E-state index contributed by atoms with van der Waals surface area (Å²) in [5, 5.41) is 6.66. The van der Waals surface area contributed by atoms with Gasteiger partial charge in [0, 0.05) is 18.8 Å². The quantitative estimate of drug-likeness (QED) is 0.897. The van der Waals surface area contributed by atoms with Crippen molar-refractivity contribution >= 4 is 11.6 Å². The molecule has 0 aromatic heterocycles. The zero-order valence-electron chi connectivity index (χ0n) is 12.8. The normalized spacial score (nSPS) is 31.3. The van der Waals surface area contributed by atoms with Crippen molar-refractivity contribution in [3.05, 3.63) is 29.8 Å². The van der Waals surface area contributed by atoms with E-state index in [1.165, 1.54) is 5.56 Å². The van der Waals surface area contributed by atoms with Gasteiger partial charge in [-0.3, -0.25) is 4.79 Å². The maximum absolute atomic E-state index is 12.6. The van der Waals surface area contributed by atoms with E-state index in [-0.39, 0.29) is 30.0 Å². The fourth-order valence-corrected chi connectivity index (χ4v) is 3.58. The number of carbonyl (C=O) groups excluding carboxylic acids is 1. The van der Waals surface area contributed by atoms with Crippen LogP contribution in [0.4, 0.5) is 5.69 Å². The second kappa shape index (κ2) is 6.06. The number of methoxy groups -OCH3 is 1. The van der Waals surface area contributed by atoms with Crippen molar-refractivity contribution in [2.45, 2.75) is 50.8 Å². The van der Waals surface area contributed by atoms with Crippen LogP contribution in [0.2, 0.25) is 0 Å². The first-order valence-electron chi connectivity index (χ1n) is 7.86. The molecule has 1 aromatic rings. The van der Waals surface area contributed by atoms with Crippen LogP contribution >= 0.6 is 0 Å². The summed E-state index contributed by atoms with van der Waals surface area (Å²) in [6.07, 6.45) is 4.18. The van der Waals surface area contributed by atoms with Gasteiger partial charge in [-0.15, -0.1) is 0 Å². The number of hydrogen-bond acceptors (Lipinski definition) is 3. The Morgan fingerprint density at radius 2 is 2.14 bits per heavy atom. The smallest absolute Gasteiger partial charge is 0.225 e. The van der Waals surface area contributed by atoms with Crippen LogP contribution in [0, 0.1) is 5.92 Å². The molecule has 21 heavy (non-hydrogen) atoms. The minimum Gasteiger partial charge on any atom is -0.382 e. The van der Waals surface area contributed by atoms with Gasteiger partial charge in [0.15, 0.2) is 0 Å². The van der Waals surface area contributed by atoms with Crippen molar-refractivity contribution in [2.24, 2.45) is 5.92 Å². The van der Waals surface area contributed by atoms with Gasteiger partial charge in [0.2, 0.25) is 5.91 Å². The lowest BCUT2D eigenvalue weighted by Gasteiger charge is -2.33. The van der Waals surface area contributed by atoms with Crippen molar-refractivity contribution in [3.8, 4) is 0 Å². The molecule has 0 spiro atoms. The van der Waals surface area contributed by atoms with Crippen LogP contribution in [0.3, 0.4) is 0 Å². The monoisotopic (exact) mass is 288 g/mol. The van der Waals surface area contributed by atoms with Gasteiger partial charge >= 0.3 is 0 Å². The SMILES string of the molecule is COC1CCCC1NC(=O)C1Cc2ccccc2NC1C. The van der Waals surface area contributed by atoms with Gasteiger partial charge in [-0.05, 0) is 44.2 Å². The first kappa shape index (κ1) is 14.4. The third kappa shape index (κ3) is 2.91. The molecular formula is C17H24N2O2. The summed E-state index contributed by atoms with van der Waals surface area (Å²) in [7, 11) is 1.73. The zero-order valence-corrected chi connectivity index (χ0v) is 12.8. The molecule has 1 aliphatic heterocycles. The van der Waals surface area contributed by atoms with E-state index in [1.807, 2.05) is 12.1 Å². The van der Waals surface area contributed by atoms with Gasteiger partial charge in [0.25, 0.3) is 0 Å². The fourth-order valence-electron chi connectivity index (χ4n) is 3.58. The molecule has 2 N–H and O–H groups in total. The van der Waals surface area contributed by atoms with Crippen LogP contribution < -0.4 is 10.6 Å². The first-order valence-corrected chi connectivity index (χ1v) is 7.86. The third-order valence-electron chi connectivity index (χ3n) is 4.86. The molecule has 3 rings (SSSR count). The number of fused-ring (bicyclic) bond motifs is 1. The van der Waals surface area contributed by atoms with E-state index in [0.717, 1.165) is 31.4 Å². The molecule has 1 fully saturated rings. The lowest BCUT2D eigenvalue weighted by Crippen LogP contribution is -2.49. The van der Waals surface area contributed by atoms with Gasteiger partial charge in [-0.2, -0.15) is 0 Å². The highest BCUT2D eigenvalue weighted by atomic mass is 16.5. The van der Waals surface area contributed by atoms with Crippen LogP contribution in [0.1, 0.15) is 31.7 Å². The summed E-state index contributed by atoms with van der Waals surface area (Å²) in [5.41, 5.74) is 2.38. The summed E-state index contributed by atoms with van der Waals surface area (Å²) in [6, 6.07) is 8.57. The van der Waals surface area contributed by atoms with Crippen LogP contribution in [0.25, 0.3) is 0 Å². The van der Waals surface area contributed by atoms with E-state index in [1.54, 1.807) is 7.11 Å². The van der Waals surface area contributed by atoms with E-state index in [0.29, 0.717) is 0 Å². The molecule has 114 valence electrons. The lowest BCUT2D eigenvalue weighted by molar-refractivity contribution is -0.126. The molecule has 2 aliphatic rings. The molecule has 4 atom stereocenters. The van der Waals surface area contributed by atoms with E-state index in [9.17, 15) is 4.79 Å². The number of hydrogen-bond donors (Lipinski definition) is 2. The van der Waals surface area contributed by atoms with Crippen molar-refractivity contribution in [2.75, 3.05) is 12.4 Å². The molecule has 0 saturated heterocycles. The molecule has 1 saturated carbocycles. The average Bonchev–Trinajstić information content (AvgIpc) is 2.93. The summed E-state index contributed by atoms with van der Waals surface area (Å²) < 4.78 is 5.46. The average molecular weight is 288 g/mol. The number of anilines is 1. The first-order chi connectivity index (χ1) is 10.2. The van der Waals surface area contributed by atoms with Crippen molar-refractivity contribution in [1.82, 2.24) is 5.32 Å². The summed E-state index contributed by atoms with van der Waals surface area (Å²) in [5.74, 6) is 0.136. The van der Waals surface area contributed by atoms with Crippen molar-refractivity contribution in [3.63, 3.8) is 0 Å². The zero-order chi connectivity index (χ0) is 14.8. The number of nitrogens with one attached hydrogen (secondary N) is 2. The third-order valence-corrected chi connectivity index (χ3v) is 4.86. The molecule has 1 aliphatic carbocycles. The van der Waals surface area contributed by atoms with Gasteiger partial charge in [-0.1, -0.05) is 18.2 Å². The minimum atomic E-state index is -0.0157. The Kier molecular flexibility index (Phi) is 4.15. The van der Waals surface area contributed by atoms with Crippen LogP contribution in [0.5, 0.6) is 0 Å². The second-order valence-corrected chi connectivity index (χ2v) is 6.22. The topological polar surface area (TPSA) is 50.4 Å². The Balaban J connectivity index is 1.68. The number of carbonyl (C=O) groups is 1. The van der Waals surface area contributed by atoms with Gasteiger partial charge in [0.05, 0.1) is 18.1 Å². The number of ether oxygens (including phenoxy) is 1. The molecular weight excluding hydrogens is 264 g/mol. The molecule has 4 nitrogen and oxygen atoms in total. The number of benzene rings is 1. The second-order valence-electron chi connectivity index (χ2n) is 6.22. The molecule has 0 radical (unpaired) electrons.